The third-order valence-electron chi connectivity index (χ3n) is 4.57. The van der Waals surface area contributed by atoms with E-state index in [0.717, 1.165) is 6.42 Å². The fourth-order valence-electron chi connectivity index (χ4n) is 3.47. The van der Waals surface area contributed by atoms with Crippen LogP contribution in [0.4, 0.5) is 0 Å². The number of rotatable bonds is 3. The van der Waals surface area contributed by atoms with Crippen molar-refractivity contribution in [2.45, 2.75) is 31.2 Å². The molecule has 0 amide bonds. The van der Waals surface area contributed by atoms with E-state index in [1.165, 1.54) is 30.5 Å². The molecule has 0 aliphatic carbocycles. The molecule has 104 valence electrons. The maximum absolute atomic E-state index is 2.55. The van der Waals surface area contributed by atoms with Gasteiger partial charge in [0.2, 0.25) is 0 Å². The molecule has 1 heteroatoms. The van der Waals surface area contributed by atoms with Gasteiger partial charge in [-0.05, 0) is 49.9 Å². The van der Waals surface area contributed by atoms with Gasteiger partial charge in [-0.15, -0.1) is 0 Å². The second-order valence-corrected chi connectivity index (χ2v) is 5.90. The summed E-state index contributed by atoms with van der Waals surface area (Å²) in [6.07, 6.45) is 3.77. The van der Waals surface area contributed by atoms with Gasteiger partial charge < -0.3 is 4.90 Å². The predicted octanol–water partition coefficient (Wildman–Crippen LogP) is 4.11. The Morgan fingerprint density at radius 2 is 1.60 bits per heavy atom. The number of likely N-dealkylation sites (N-methyl/N-ethyl adjacent to an activating group) is 1. The van der Waals surface area contributed by atoms with Crippen LogP contribution in [-0.2, 0) is 6.42 Å². The van der Waals surface area contributed by atoms with Crippen molar-refractivity contribution in [1.29, 1.82) is 0 Å². The van der Waals surface area contributed by atoms with Gasteiger partial charge >= 0.3 is 0 Å². The first kappa shape index (κ1) is 13.4. The number of benzene rings is 2. The van der Waals surface area contributed by atoms with Crippen LogP contribution in [-0.4, -0.2) is 24.5 Å². The van der Waals surface area contributed by atoms with Crippen molar-refractivity contribution in [2.24, 2.45) is 0 Å². The van der Waals surface area contributed by atoms with Crippen molar-refractivity contribution in [2.75, 3.05) is 13.6 Å². The fraction of sp³-hybridized carbons (Fsp3) is 0.368. The van der Waals surface area contributed by atoms with Gasteiger partial charge in [0.05, 0.1) is 0 Å². The third kappa shape index (κ3) is 2.94. The van der Waals surface area contributed by atoms with Gasteiger partial charge in [0.15, 0.2) is 0 Å². The van der Waals surface area contributed by atoms with Crippen molar-refractivity contribution >= 4 is 0 Å². The first-order chi connectivity index (χ1) is 9.84. The number of nitrogens with zero attached hydrogens (tertiary/aromatic N) is 1. The molecule has 1 heterocycles. The van der Waals surface area contributed by atoms with Crippen LogP contribution in [0.1, 0.15) is 29.9 Å². The van der Waals surface area contributed by atoms with Gasteiger partial charge in [0.1, 0.15) is 0 Å². The molecule has 0 bridgehead atoms. The zero-order valence-corrected chi connectivity index (χ0v) is 12.2. The Labute approximate surface area is 122 Å². The molecule has 2 aromatic carbocycles. The molecule has 1 saturated heterocycles. The van der Waals surface area contributed by atoms with E-state index >= 15 is 0 Å². The lowest BCUT2D eigenvalue weighted by molar-refractivity contribution is 0.159. The predicted molar refractivity (Wildman–Crippen MR) is 85.0 cm³/mol. The molecular weight excluding hydrogens is 242 g/mol. The first-order valence-electron chi connectivity index (χ1n) is 7.64. The lowest BCUT2D eigenvalue weighted by atomic mass is 9.81. The molecule has 0 N–H and O–H groups in total. The minimum Gasteiger partial charge on any atom is -0.302 e. The van der Waals surface area contributed by atoms with Gasteiger partial charge in [-0.1, -0.05) is 60.7 Å². The van der Waals surface area contributed by atoms with Crippen LogP contribution >= 0.6 is 0 Å². The summed E-state index contributed by atoms with van der Waals surface area (Å²) in [7, 11) is 2.28. The standard InChI is InChI=1S/C19H23N/c1-20-14-8-13-18(17-11-6-3-7-12-17)19(20)15-16-9-4-2-5-10-16/h2-7,9-12,18-19H,8,13-15H2,1H3/t18-,19-/m1/s1. The Morgan fingerprint density at radius 1 is 0.950 bits per heavy atom. The van der Waals surface area contributed by atoms with E-state index in [4.69, 9.17) is 0 Å². The van der Waals surface area contributed by atoms with Crippen LogP contribution in [0.25, 0.3) is 0 Å². The van der Waals surface area contributed by atoms with E-state index in [1.807, 2.05) is 0 Å². The fourth-order valence-corrected chi connectivity index (χ4v) is 3.47. The molecule has 1 aliphatic heterocycles. The quantitative estimate of drug-likeness (QED) is 0.807. The Hall–Kier alpha value is -1.60. The monoisotopic (exact) mass is 265 g/mol. The number of likely N-dealkylation sites (tertiary alicyclic amines) is 1. The van der Waals surface area contributed by atoms with Crippen molar-refractivity contribution in [3.8, 4) is 0 Å². The number of piperidine rings is 1. The highest BCUT2D eigenvalue weighted by atomic mass is 15.1. The molecule has 3 rings (SSSR count). The van der Waals surface area contributed by atoms with Crippen molar-refractivity contribution < 1.29 is 0 Å². The normalized spacial score (nSPS) is 23.6. The molecule has 2 atom stereocenters. The molecule has 1 fully saturated rings. The van der Waals surface area contributed by atoms with E-state index in [9.17, 15) is 0 Å². The van der Waals surface area contributed by atoms with Crippen molar-refractivity contribution in [3.05, 3.63) is 71.8 Å². The number of hydrogen-bond acceptors (Lipinski definition) is 1. The highest BCUT2D eigenvalue weighted by Crippen LogP contribution is 2.33. The summed E-state index contributed by atoms with van der Waals surface area (Å²) in [5.74, 6) is 0.662. The first-order valence-corrected chi connectivity index (χ1v) is 7.64. The molecular formula is C19H23N. The molecule has 0 aromatic heterocycles. The molecule has 20 heavy (non-hydrogen) atoms. The molecule has 1 nitrogen and oxygen atoms in total. The average molecular weight is 265 g/mol. The van der Waals surface area contributed by atoms with E-state index in [0.29, 0.717) is 12.0 Å². The van der Waals surface area contributed by atoms with Crippen LogP contribution in [0.3, 0.4) is 0 Å². The van der Waals surface area contributed by atoms with Crippen LogP contribution in [0.5, 0.6) is 0 Å². The summed E-state index contributed by atoms with van der Waals surface area (Å²) in [6.45, 7) is 1.22. The van der Waals surface area contributed by atoms with Crippen LogP contribution < -0.4 is 0 Å². The van der Waals surface area contributed by atoms with E-state index in [1.54, 1.807) is 0 Å². The molecule has 0 radical (unpaired) electrons. The average Bonchev–Trinajstić information content (AvgIpc) is 2.51. The smallest absolute Gasteiger partial charge is 0.0201 e. The Balaban J connectivity index is 1.84. The second-order valence-electron chi connectivity index (χ2n) is 5.90. The second kappa shape index (κ2) is 6.23. The maximum Gasteiger partial charge on any atom is 0.0201 e. The van der Waals surface area contributed by atoms with Gasteiger partial charge in [-0.3, -0.25) is 0 Å². The third-order valence-corrected chi connectivity index (χ3v) is 4.57. The summed E-state index contributed by atoms with van der Waals surface area (Å²) in [5, 5.41) is 0. The lowest BCUT2D eigenvalue weighted by Crippen LogP contribution is -2.42. The van der Waals surface area contributed by atoms with Gasteiger partial charge in [-0.2, -0.15) is 0 Å². The summed E-state index contributed by atoms with van der Waals surface area (Å²) in [4.78, 5) is 2.55. The minimum absolute atomic E-state index is 0.619. The molecule has 1 aliphatic rings. The minimum atomic E-state index is 0.619. The molecule has 0 saturated carbocycles. The topological polar surface area (TPSA) is 3.24 Å². The van der Waals surface area contributed by atoms with Crippen molar-refractivity contribution in [1.82, 2.24) is 4.90 Å². The number of hydrogen-bond donors (Lipinski definition) is 0. The summed E-state index contributed by atoms with van der Waals surface area (Å²) in [6, 6.07) is 22.6. The zero-order chi connectivity index (χ0) is 13.8. The highest BCUT2D eigenvalue weighted by Gasteiger charge is 2.30. The van der Waals surface area contributed by atoms with Gasteiger partial charge in [-0.25, -0.2) is 0 Å². The Bertz CT molecular complexity index is 520. The summed E-state index contributed by atoms with van der Waals surface area (Å²) < 4.78 is 0. The summed E-state index contributed by atoms with van der Waals surface area (Å²) >= 11 is 0. The highest BCUT2D eigenvalue weighted by molar-refractivity contribution is 5.24. The molecule has 2 aromatic rings. The van der Waals surface area contributed by atoms with E-state index in [2.05, 4.69) is 72.6 Å². The SMILES string of the molecule is CN1CCC[C@H](c2ccccc2)[C@H]1Cc1ccccc1. The maximum atomic E-state index is 2.55. The molecule has 0 spiro atoms. The van der Waals surface area contributed by atoms with Crippen molar-refractivity contribution in [3.63, 3.8) is 0 Å². The van der Waals surface area contributed by atoms with E-state index in [-0.39, 0.29) is 0 Å². The Morgan fingerprint density at radius 3 is 2.30 bits per heavy atom. The van der Waals surface area contributed by atoms with E-state index < -0.39 is 0 Å². The van der Waals surface area contributed by atoms with Crippen LogP contribution in [0.2, 0.25) is 0 Å². The molecule has 0 unspecified atom stereocenters. The van der Waals surface area contributed by atoms with Crippen LogP contribution in [0, 0.1) is 0 Å². The van der Waals surface area contributed by atoms with Gasteiger partial charge in [0, 0.05) is 6.04 Å². The largest absolute Gasteiger partial charge is 0.302 e. The van der Waals surface area contributed by atoms with Crippen LogP contribution in [0.15, 0.2) is 60.7 Å². The van der Waals surface area contributed by atoms with Gasteiger partial charge in [0.25, 0.3) is 0 Å². The zero-order valence-electron chi connectivity index (χ0n) is 12.2. The Kier molecular flexibility index (Phi) is 4.17. The summed E-state index contributed by atoms with van der Waals surface area (Å²) in [5.41, 5.74) is 2.95. The lowest BCUT2D eigenvalue weighted by Gasteiger charge is -2.39.